The molecule has 3 aromatic heterocycles. The molecule has 0 spiro atoms. The van der Waals surface area contributed by atoms with Gasteiger partial charge in [0.2, 0.25) is 11.7 Å². The van der Waals surface area contributed by atoms with Gasteiger partial charge in [0.05, 0.1) is 17.7 Å². The molecule has 0 unspecified atom stereocenters. The quantitative estimate of drug-likeness (QED) is 0.417. The van der Waals surface area contributed by atoms with Gasteiger partial charge in [0, 0.05) is 49.4 Å². The van der Waals surface area contributed by atoms with E-state index in [9.17, 15) is 18.0 Å². The molecule has 6 rings (SSSR count). The Morgan fingerprint density at radius 1 is 1.11 bits per heavy atom. The van der Waals surface area contributed by atoms with Gasteiger partial charge in [0.15, 0.2) is 5.82 Å². The average Bonchev–Trinajstić information content (AvgIpc) is 3.57. The summed E-state index contributed by atoms with van der Waals surface area (Å²) in [6, 6.07) is 7.95. The first kappa shape index (κ1) is 23.4. The summed E-state index contributed by atoms with van der Waals surface area (Å²) in [6.45, 7) is 3.71. The van der Waals surface area contributed by atoms with E-state index >= 15 is 0 Å². The van der Waals surface area contributed by atoms with E-state index in [4.69, 9.17) is 0 Å². The van der Waals surface area contributed by atoms with E-state index in [-0.39, 0.29) is 43.2 Å². The van der Waals surface area contributed by atoms with E-state index in [1.54, 1.807) is 22.1 Å². The number of hydrogen-bond donors (Lipinski definition) is 0. The van der Waals surface area contributed by atoms with Crippen molar-refractivity contribution in [2.45, 2.75) is 32.6 Å². The minimum absolute atomic E-state index is 0.0352. The maximum absolute atomic E-state index is 13.4. The fourth-order valence-corrected chi connectivity index (χ4v) is 5.40. The van der Waals surface area contributed by atoms with Gasteiger partial charge < -0.3 is 14.4 Å². The number of anilines is 1. The minimum Gasteiger partial charge on any atom is -0.371 e. The second-order valence-corrected chi connectivity index (χ2v) is 9.54. The van der Waals surface area contributed by atoms with Crippen LogP contribution in [0.4, 0.5) is 18.9 Å². The van der Waals surface area contributed by atoms with Crippen molar-refractivity contribution in [1.29, 1.82) is 0 Å². The first-order chi connectivity index (χ1) is 17.8. The monoisotopic (exact) mass is 511 g/mol. The van der Waals surface area contributed by atoms with Gasteiger partial charge >= 0.3 is 6.18 Å². The van der Waals surface area contributed by atoms with E-state index in [2.05, 4.69) is 37.1 Å². The molecular formula is C24H24F3N9O. The molecule has 2 aliphatic rings. The smallest absolute Gasteiger partial charge is 0.371 e. The number of piperidine rings is 1. The number of rotatable bonds is 3. The standard InChI is InChI=1S/C24H24F3N9O/c1-15-11-33(20-4-6-29-19-10-16(2-3-18(19)20)36-14-28-13-30-36)7-5-17(15)22(37)34-8-9-35-21(12-34)31-32-23(35)24(25,26)27/h2-4,6,10,13-15,17H,5,7-9,11-12H2,1H3/t15-,17+/m1/s1. The van der Waals surface area contributed by atoms with Crippen LogP contribution in [0.5, 0.6) is 0 Å². The third-order valence-electron chi connectivity index (χ3n) is 7.27. The average molecular weight is 512 g/mol. The molecule has 1 saturated heterocycles. The van der Waals surface area contributed by atoms with Gasteiger partial charge in [-0.15, -0.1) is 10.2 Å². The zero-order valence-electron chi connectivity index (χ0n) is 20.0. The lowest BCUT2D eigenvalue weighted by atomic mass is 9.85. The number of fused-ring (bicyclic) bond motifs is 2. The van der Waals surface area contributed by atoms with Crippen molar-refractivity contribution in [3.63, 3.8) is 0 Å². The van der Waals surface area contributed by atoms with Gasteiger partial charge in [-0.3, -0.25) is 9.78 Å². The van der Waals surface area contributed by atoms with Crippen molar-refractivity contribution in [2.75, 3.05) is 24.5 Å². The first-order valence-electron chi connectivity index (χ1n) is 12.1. The number of aromatic nitrogens is 7. The zero-order chi connectivity index (χ0) is 25.7. The summed E-state index contributed by atoms with van der Waals surface area (Å²) in [4.78, 5) is 25.8. The fourth-order valence-electron chi connectivity index (χ4n) is 5.40. The minimum atomic E-state index is -4.56. The van der Waals surface area contributed by atoms with Crippen LogP contribution in [0, 0.1) is 11.8 Å². The van der Waals surface area contributed by atoms with E-state index in [0.717, 1.165) is 26.8 Å². The van der Waals surface area contributed by atoms with Crippen LogP contribution in [0.25, 0.3) is 16.6 Å². The maximum atomic E-state index is 13.4. The highest BCUT2D eigenvalue weighted by molar-refractivity contribution is 5.93. The van der Waals surface area contributed by atoms with Gasteiger partial charge in [0.25, 0.3) is 0 Å². The van der Waals surface area contributed by atoms with Gasteiger partial charge in [-0.2, -0.15) is 18.3 Å². The molecule has 1 amide bonds. The molecule has 0 N–H and O–H groups in total. The van der Waals surface area contributed by atoms with Gasteiger partial charge in [-0.1, -0.05) is 6.92 Å². The van der Waals surface area contributed by atoms with Crippen molar-refractivity contribution in [3.8, 4) is 5.69 Å². The summed E-state index contributed by atoms with van der Waals surface area (Å²) < 4.78 is 42.2. The molecule has 192 valence electrons. The van der Waals surface area contributed by atoms with E-state index in [1.807, 2.05) is 24.3 Å². The lowest BCUT2D eigenvalue weighted by molar-refractivity contribution is -0.148. The predicted molar refractivity (Wildman–Crippen MR) is 127 cm³/mol. The number of hydrogen-bond acceptors (Lipinski definition) is 7. The van der Waals surface area contributed by atoms with Crippen LogP contribution < -0.4 is 4.90 Å². The summed E-state index contributed by atoms with van der Waals surface area (Å²) in [6.07, 6.45) is 0.987. The Balaban J connectivity index is 1.16. The fraction of sp³-hybridized carbons (Fsp3) is 0.417. The number of alkyl halides is 3. The Morgan fingerprint density at radius 3 is 2.73 bits per heavy atom. The van der Waals surface area contributed by atoms with Crippen LogP contribution in [0.2, 0.25) is 0 Å². The maximum Gasteiger partial charge on any atom is 0.451 e. The molecule has 5 heterocycles. The number of benzene rings is 1. The SMILES string of the molecule is C[C@@H]1CN(c2ccnc3cc(-n4cncn4)ccc23)CC[C@@H]1C(=O)N1CCn2c(nnc2C(F)(F)F)C1. The van der Waals surface area contributed by atoms with Crippen LogP contribution in [0.1, 0.15) is 25.0 Å². The number of carbonyl (C=O) groups is 1. The van der Waals surface area contributed by atoms with Crippen LogP contribution in [-0.2, 0) is 24.1 Å². The summed E-state index contributed by atoms with van der Waals surface area (Å²) in [5.74, 6) is -1.02. The number of amides is 1. The summed E-state index contributed by atoms with van der Waals surface area (Å²) in [7, 11) is 0. The highest BCUT2D eigenvalue weighted by Crippen LogP contribution is 2.34. The zero-order valence-corrected chi connectivity index (χ0v) is 20.0. The molecule has 0 radical (unpaired) electrons. The summed E-state index contributed by atoms with van der Waals surface area (Å²) in [5, 5.41) is 12.2. The highest BCUT2D eigenvalue weighted by Gasteiger charge is 2.41. The molecule has 2 aliphatic heterocycles. The third-order valence-corrected chi connectivity index (χ3v) is 7.27. The van der Waals surface area contributed by atoms with Crippen LogP contribution >= 0.6 is 0 Å². The van der Waals surface area contributed by atoms with Gasteiger partial charge in [-0.25, -0.2) is 9.67 Å². The number of pyridine rings is 1. The molecule has 2 atom stereocenters. The summed E-state index contributed by atoms with van der Waals surface area (Å²) in [5.41, 5.74) is 2.76. The first-order valence-corrected chi connectivity index (χ1v) is 12.1. The Bertz CT molecular complexity index is 1450. The Labute approximate surface area is 209 Å². The van der Waals surface area contributed by atoms with Crippen molar-refractivity contribution in [3.05, 3.63) is 54.8 Å². The van der Waals surface area contributed by atoms with E-state index in [1.165, 1.54) is 6.33 Å². The van der Waals surface area contributed by atoms with Crippen molar-refractivity contribution in [2.24, 2.45) is 11.8 Å². The molecule has 1 fully saturated rings. The topological polar surface area (TPSA) is 97.9 Å². The normalized spacial score (nSPS) is 20.3. The van der Waals surface area contributed by atoms with Crippen LogP contribution in [0.3, 0.4) is 0 Å². The second kappa shape index (κ2) is 8.82. The van der Waals surface area contributed by atoms with E-state index < -0.39 is 12.0 Å². The molecule has 37 heavy (non-hydrogen) atoms. The Morgan fingerprint density at radius 2 is 1.97 bits per heavy atom. The van der Waals surface area contributed by atoms with Crippen LogP contribution in [-0.4, -0.2) is 65.0 Å². The predicted octanol–water partition coefficient (Wildman–Crippen LogP) is 2.93. The van der Waals surface area contributed by atoms with Gasteiger partial charge in [-0.05, 0) is 36.6 Å². The third kappa shape index (κ3) is 4.17. The Hall–Kier alpha value is -4.03. The number of nitrogens with zero attached hydrogens (tertiary/aromatic N) is 9. The van der Waals surface area contributed by atoms with Crippen molar-refractivity contribution < 1.29 is 18.0 Å². The lowest BCUT2D eigenvalue weighted by Gasteiger charge is -2.40. The molecular weight excluding hydrogens is 487 g/mol. The van der Waals surface area contributed by atoms with Gasteiger partial charge in [0.1, 0.15) is 12.7 Å². The molecule has 13 heteroatoms. The molecule has 0 aliphatic carbocycles. The molecule has 10 nitrogen and oxygen atoms in total. The summed E-state index contributed by atoms with van der Waals surface area (Å²) >= 11 is 0. The molecule has 0 saturated carbocycles. The molecule has 1 aromatic carbocycles. The number of carbonyl (C=O) groups excluding carboxylic acids is 1. The molecule has 0 bridgehead atoms. The van der Waals surface area contributed by atoms with E-state index in [0.29, 0.717) is 19.5 Å². The Kier molecular flexibility index (Phi) is 5.57. The van der Waals surface area contributed by atoms with Crippen molar-refractivity contribution >= 4 is 22.5 Å². The van der Waals surface area contributed by atoms with Crippen LogP contribution in [0.15, 0.2) is 43.1 Å². The largest absolute Gasteiger partial charge is 0.451 e. The molecule has 4 aromatic rings. The number of halogens is 3. The lowest BCUT2D eigenvalue weighted by Crippen LogP contribution is -2.49. The second-order valence-electron chi connectivity index (χ2n) is 9.54. The van der Waals surface area contributed by atoms with Crippen molar-refractivity contribution in [1.82, 2.24) is 39.4 Å². The highest BCUT2D eigenvalue weighted by atomic mass is 19.4.